The molecule has 1 amide bonds. The average molecular weight is 193 g/mol. The summed E-state index contributed by atoms with van der Waals surface area (Å²) in [5.74, 6) is 0.543. The van der Waals surface area contributed by atoms with Gasteiger partial charge in [0.2, 0.25) is 5.91 Å². The zero-order valence-electron chi connectivity index (χ0n) is 8.67. The molecule has 1 N–H and O–H groups in total. The third-order valence-electron chi connectivity index (χ3n) is 3.34. The highest BCUT2D eigenvalue weighted by Gasteiger charge is 2.23. The van der Waals surface area contributed by atoms with Crippen LogP contribution >= 0.6 is 0 Å². The van der Waals surface area contributed by atoms with E-state index in [4.69, 9.17) is 0 Å². The smallest absolute Gasteiger partial charge is 0.223 e. The molecule has 1 unspecified atom stereocenters. The standard InChI is InChI=1S/C12H19NO/c14-12(10-6-2-1-3-7-10)13-11-8-4-5-9-11/h1-2,10-11H,3-9H2,(H,13,14). The molecule has 1 fully saturated rings. The van der Waals surface area contributed by atoms with Gasteiger partial charge in [0.1, 0.15) is 0 Å². The van der Waals surface area contributed by atoms with Crippen molar-refractivity contribution < 1.29 is 4.79 Å². The average Bonchev–Trinajstić information content (AvgIpc) is 2.72. The fraction of sp³-hybridized carbons (Fsp3) is 0.750. The van der Waals surface area contributed by atoms with Crippen molar-refractivity contribution >= 4 is 5.91 Å². The Morgan fingerprint density at radius 2 is 1.93 bits per heavy atom. The summed E-state index contributed by atoms with van der Waals surface area (Å²) in [6.07, 6.45) is 12.3. The zero-order chi connectivity index (χ0) is 9.80. The van der Waals surface area contributed by atoms with E-state index in [-0.39, 0.29) is 5.92 Å². The van der Waals surface area contributed by atoms with Crippen LogP contribution in [0.1, 0.15) is 44.9 Å². The van der Waals surface area contributed by atoms with Crippen molar-refractivity contribution in [2.24, 2.45) is 5.92 Å². The van der Waals surface area contributed by atoms with E-state index in [9.17, 15) is 4.79 Å². The van der Waals surface area contributed by atoms with Crippen molar-refractivity contribution in [2.45, 2.75) is 51.0 Å². The molecule has 2 rings (SSSR count). The molecule has 2 aliphatic rings. The van der Waals surface area contributed by atoms with Gasteiger partial charge in [-0.2, -0.15) is 0 Å². The fourth-order valence-corrected chi connectivity index (χ4v) is 2.42. The summed E-state index contributed by atoms with van der Waals surface area (Å²) in [5.41, 5.74) is 0. The summed E-state index contributed by atoms with van der Waals surface area (Å²) in [6.45, 7) is 0. The van der Waals surface area contributed by atoms with Crippen molar-refractivity contribution in [3.05, 3.63) is 12.2 Å². The molecule has 1 saturated carbocycles. The predicted molar refractivity (Wildman–Crippen MR) is 56.9 cm³/mol. The quantitative estimate of drug-likeness (QED) is 0.670. The SMILES string of the molecule is O=C(NC1CCCC1)C1CC=CCC1. The van der Waals surface area contributed by atoms with E-state index in [2.05, 4.69) is 17.5 Å². The Morgan fingerprint density at radius 3 is 2.57 bits per heavy atom. The molecule has 2 nitrogen and oxygen atoms in total. The van der Waals surface area contributed by atoms with Crippen LogP contribution < -0.4 is 5.32 Å². The van der Waals surface area contributed by atoms with E-state index in [1.165, 1.54) is 25.7 Å². The molecule has 0 saturated heterocycles. The molecule has 0 spiro atoms. The molecule has 0 aliphatic heterocycles. The molecule has 0 heterocycles. The van der Waals surface area contributed by atoms with Crippen LogP contribution in [0, 0.1) is 5.92 Å². The van der Waals surface area contributed by atoms with Crippen LogP contribution in [-0.4, -0.2) is 11.9 Å². The van der Waals surface area contributed by atoms with Gasteiger partial charge in [-0.1, -0.05) is 25.0 Å². The number of carbonyl (C=O) groups excluding carboxylic acids is 1. The van der Waals surface area contributed by atoms with Crippen LogP contribution in [0.3, 0.4) is 0 Å². The molecular formula is C12H19NO. The topological polar surface area (TPSA) is 29.1 Å². The maximum absolute atomic E-state index is 11.8. The number of hydrogen-bond donors (Lipinski definition) is 1. The van der Waals surface area contributed by atoms with Crippen molar-refractivity contribution in [3.8, 4) is 0 Å². The maximum atomic E-state index is 11.8. The summed E-state index contributed by atoms with van der Waals surface area (Å²) in [7, 11) is 0. The minimum absolute atomic E-state index is 0.251. The van der Waals surface area contributed by atoms with Gasteiger partial charge < -0.3 is 5.32 Å². The largest absolute Gasteiger partial charge is 0.353 e. The van der Waals surface area contributed by atoms with Gasteiger partial charge in [0.15, 0.2) is 0 Å². The van der Waals surface area contributed by atoms with Crippen LogP contribution in [0.25, 0.3) is 0 Å². The Bertz CT molecular complexity index is 228. The van der Waals surface area contributed by atoms with E-state index in [0.29, 0.717) is 11.9 Å². The maximum Gasteiger partial charge on any atom is 0.223 e. The van der Waals surface area contributed by atoms with Crippen LogP contribution in [-0.2, 0) is 4.79 Å². The molecule has 2 aliphatic carbocycles. The van der Waals surface area contributed by atoms with Crippen molar-refractivity contribution in [2.75, 3.05) is 0 Å². The normalized spacial score (nSPS) is 27.9. The van der Waals surface area contributed by atoms with E-state index in [0.717, 1.165) is 19.3 Å². The minimum Gasteiger partial charge on any atom is -0.353 e. The van der Waals surface area contributed by atoms with Gasteiger partial charge in [-0.05, 0) is 32.1 Å². The van der Waals surface area contributed by atoms with E-state index < -0.39 is 0 Å². The van der Waals surface area contributed by atoms with Crippen molar-refractivity contribution in [3.63, 3.8) is 0 Å². The lowest BCUT2D eigenvalue weighted by atomic mass is 9.93. The Kier molecular flexibility index (Phi) is 3.22. The van der Waals surface area contributed by atoms with Crippen molar-refractivity contribution in [1.82, 2.24) is 5.32 Å². The summed E-state index contributed by atoms with van der Waals surface area (Å²) in [6, 6.07) is 0.480. The van der Waals surface area contributed by atoms with Gasteiger partial charge in [-0.15, -0.1) is 0 Å². The highest BCUT2D eigenvalue weighted by Crippen LogP contribution is 2.21. The molecule has 0 aromatic rings. The highest BCUT2D eigenvalue weighted by molar-refractivity contribution is 5.79. The lowest BCUT2D eigenvalue weighted by molar-refractivity contribution is -0.125. The third-order valence-corrected chi connectivity index (χ3v) is 3.34. The first-order valence-electron chi connectivity index (χ1n) is 5.81. The first kappa shape index (κ1) is 9.75. The lowest BCUT2D eigenvalue weighted by Crippen LogP contribution is -2.37. The number of amides is 1. The van der Waals surface area contributed by atoms with Gasteiger partial charge in [0, 0.05) is 12.0 Å². The summed E-state index contributed by atoms with van der Waals surface area (Å²) in [4.78, 5) is 11.8. The predicted octanol–water partition coefficient (Wildman–Crippen LogP) is 2.40. The molecule has 0 aromatic heterocycles. The Labute approximate surface area is 85.8 Å². The lowest BCUT2D eigenvalue weighted by Gasteiger charge is -2.20. The van der Waals surface area contributed by atoms with E-state index in [1.807, 2.05) is 0 Å². The number of hydrogen-bond acceptors (Lipinski definition) is 1. The van der Waals surface area contributed by atoms with Gasteiger partial charge >= 0.3 is 0 Å². The number of carbonyl (C=O) groups is 1. The molecular weight excluding hydrogens is 174 g/mol. The summed E-state index contributed by atoms with van der Waals surface area (Å²) in [5, 5.41) is 3.18. The number of rotatable bonds is 2. The van der Waals surface area contributed by atoms with Crippen LogP contribution in [0.4, 0.5) is 0 Å². The number of allylic oxidation sites excluding steroid dienone is 2. The highest BCUT2D eigenvalue weighted by atomic mass is 16.1. The second kappa shape index (κ2) is 4.63. The Balaban J connectivity index is 1.79. The van der Waals surface area contributed by atoms with Gasteiger partial charge in [-0.25, -0.2) is 0 Å². The van der Waals surface area contributed by atoms with E-state index >= 15 is 0 Å². The Hall–Kier alpha value is -0.790. The van der Waals surface area contributed by atoms with Crippen molar-refractivity contribution in [1.29, 1.82) is 0 Å². The molecule has 0 aromatic carbocycles. The minimum atomic E-state index is 0.251. The second-order valence-electron chi connectivity index (χ2n) is 4.47. The van der Waals surface area contributed by atoms with E-state index in [1.54, 1.807) is 0 Å². The first-order chi connectivity index (χ1) is 6.86. The summed E-state index contributed by atoms with van der Waals surface area (Å²) < 4.78 is 0. The Morgan fingerprint density at radius 1 is 1.14 bits per heavy atom. The molecule has 2 heteroatoms. The summed E-state index contributed by atoms with van der Waals surface area (Å²) >= 11 is 0. The van der Waals surface area contributed by atoms with Crippen LogP contribution in [0.15, 0.2) is 12.2 Å². The molecule has 1 atom stereocenters. The zero-order valence-corrected chi connectivity index (χ0v) is 8.67. The van der Waals surface area contributed by atoms with Crippen LogP contribution in [0.2, 0.25) is 0 Å². The fourth-order valence-electron chi connectivity index (χ4n) is 2.42. The third kappa shape index (κ3) is 2.37. The monoisotopic (exact) mass is 193 g/mol. The number of nitrogens with one attached hydrogen (secondary N) is 1. The molecule has 0 bridgehead atoms. The first-order valence-corrected chi connectivity index (χ1v) is 5.81. The van der Waals surface area contributed by atoms with Crippen LogP contribution in [0.5, 0.6) is 0 Å². The molecule has 78 valence electrons. The second-order valence-corrected chi connectivity index (χ2v) is 4.47. The van der Waals surface area contributed by atoms with Gasteiger partial charge in [0.05, 0.1) is 0 Å². The van der Waals surface area contributed by atoms with Gasteiger partial charge in [0.25, 0.3) is 0 Å². The molecule has 0 radical (unpaired) electrons. The molecule has 14 heavy (non-hydrogen) atoms. The van der Waals surface area contributed by atoms with Gasteiger partial charge in [-0.3, -0.25) is 4.79 Å².